The maximum Gasteiger partial charge on any atom is 0.189 e. The van der Waals surface area contributed by atoms with Crippen LogP contribution in [-0.2, 0) is 0 Å². The monoisotopic (exact) mass is 392 g/mol. The van der Waals surface area contributed by atoms with Crippen LogP contribution in [0.2, 0.25) is 0 Å². The molecular formula is C23H22F2N4. The molecule has 0 bridgehead atoms. The highest BCUT2D eigenvalue weighted by atomic mass is 19.1. The molecule has 0 spiro atoms. The summed E-state index contributed by atoms with van der Waals surface area (Å²) in [5.41, 5.74) is -1.66. The number of nitriles is 3. The van der Waals surface area contributed by atoms with Crippen LogP contribution in [0.4, 0.5) is 8.78 Å². The molecule has 6 heteroatoms. The number of rotatable bonds is 1. The Balaban J connectivity index is 2.29. The van der Waals surface area contributed by atoms with Crippen molar-refractivity contribution in [3.63, 3.8) is 0 Å². The third kappa shape index (κ3) is 3.12. The van der Waals surface area contributed by atoms with Crippen molar-refractivity contribution in [3.8, 4) is 18.2 Å². The van der Waals surface area contributed by atoms with Crippen LogP contribution in [0.5, 0.6) is 0 Å². The SMILES string of the molecule is CC(C)(C)C1CC=C2C(C#N)C(=N)C(C#N)(C#N)[C@H](c3ccc(F)cc3F)[C@H]2C1. The number of halogens is 2. The van der Waals surface area contributed by atoms with E-state index >= 15 is 0 Å². The molecule has 3 rings (SSSR count). The fourth-order valence-corrected chi connectivity index (χ4v) is 4.83. The molecule has 29 heavy (non-hydrogen) atoms. The lowest BCUT2D eigenvalue weighted by Gasteiger charge is -2.49. The Bertz CT molecular complexity index is 999. The Morgan fingerprint density at radius 3 is 2.31 bits per heavy atom. The molecule has 0 aliphatic heterocycles. The van der Waals surface area contributed by atoms with Crippen molar-refractivity contribution in [1.29, 1.82) is 21.2 Å². The first-order valence-corrected chi connectivity index (χ1v) is 9.56. The van der Waals surface area contributed by atoms with Crippen molar-refractivity contribution in [2.75, 3.05) is 0 Å². The van der Waals surface area contributed by atoms with Crippen LogP contribution in [0.1, 0.15) is 45.1 Å². The lowest BCUT2D eigenvalue weighted by Crippen LogP contribution is -2.50. The quantitative estimate of drug-likeness (QED) is 0.661. The Kier molecular flexibility index (Phi) is 5.06. The second-order valence-electron chi connectivity index (χ2n) is 9.00. The second kappa shape index (κ2) is 7.09. The molecule has 148 valence electrons. The number of fused-ring (bicyclic) bond motifs is 1. The molecule has 2 aliphatic rings. The molecule has 1 N–H and O–H groups in total. The minimum atomic E-state index is -1.99. The van der Waals surface area contributed by atoms with Gasteiger partial charge >= 0.3 is 0 Å². The normalized spacial score (nSPS) is 28.3. The van der Waals surface area contributed by atoms with Gasteiger partial charge in [0.05, 0.1) is 23.9 Å². The second-order valence-corrected chi connectivity index (χ2v) is 9.00. The van der Waals surface area contributed by atoms with E-state index in [1.54, 1.807) is 0 Å². The zero-order valence-electron chi connectivity index (χ0n) is 16.6. The Morgan fingerprint density at radius 1 is 1.14 bits per heavy atom. The van der Waals surface area contributed by atoms with E-state index in [0.717, 1.165) is 12.1 Å². The van der Waals surface area contributed by atoms with E-state index in [-0.39, 0.29) is 22.6 Å². The number of allylic oxidation sites excluding steroid dienone is 2. The molecule has 1 aromatic rings. The van der Waals surface area contributed by atoms with Gasteiger partial charge in [-0.15, -0.1) is 0 Å². The van der Waals surface area contributed by atoms with Crippen molar-refractivity contribution in [2.45, 2.75) is 39.5 Å². The summed E-state index contributed by atoms with van der Waals surface area (Å²) in [6.07, 6.45) is 3.21. The first-order valence-electron chi connectivity index (χ1n) is 9.56. The molecule has 1 aromatic carbocycles. The van der Waals surface area contributed by atoms with Gasteiger partial charge in [0.15, 0.2) is 5.41 Å². The summed E-state index contributed by atoms with van der Waals surface area (Å²) < 4.78 is 28.4. The molecule has 4 atom stereocenters. The van der Waals surface area contributed by atoms with Crippen LogP contribution >= 0.6 is 0 Å². The molecule has 2 unspecified atom stereocenters. The molecule has 0 saturated heterocycles. The minimum Gasteiger partial charge on any atom is -0.305 e. The van der Waals surface area contributed by atoms with Gasteiger partial charge in [-0.25, -0.2) is 8.78 Å². The van der Waals surface area contributed by atoms with Crippen molar-refractivity contribution in [3.05, 3.63) is 47.0 Å². The summed E-state index contributed by atoms with van der Waals surface area (Å²) in [5, 5.41) is 38.2. The van der Waals surface area contributed by atoms with Crippen LogP contribution < -0.4 is 0 Å². The van der Waals surface area contributed by atoms with E-state index in [1.165, 1.54) is 6.07 Å². The van der Waals surface area contributed by atoms with Gasteiger partial charge in [-0.05, 0) is 47.3 Å². The van der Waals surface area contributed by atoms with E-state index in [0.29, 0.717) is 18.4 Å². The highest BCUT2D eigenvalue weighted by Gasteiger charge is 2.58. The number of nitrogens with zero attached hydrogens (tertiary/aromatic N) is 3. The molecule has 4 nitrogen and oxygen atoms in total. The molecule has 0 radical (unpaired) electrons. The predicted octanol–water partition coefficient (Wildman–Crippen LogP) is 5.25. The van der Waals surface area contributed by atoms with Crippen LogP contribution in [0.3, 0.4) is 0 Å². The Morgan fingerprint density at radius 2 is 1.79 bits per heavy atom. The zero-order valence-corrected chi connectivity index (χ0v) is 16.6. The maximum atomic E-state index is 14.8. The van der Waals surface area contributed by atoms with Crippen LogP contribution in [0.25, 0.3) is 0 Å². The first kappa shape index (κ1) is 20.7. The van der Waals surface area contributed by atoms with Crippen molar-refractivity contribution in [1.82, 2.24) is 0 Å². The number of hydrogen-bond acceptors (Lipinski definition) is 4. The average molecular weight is 392 g/mol. The topological polar surface area (TPSA) is 95.2 Å². The minimum absolute atomic E-state index is 0.0427. The fraction of sp³-hybridized carbons (Fsp3) is 0.478. The van der Waals surface area contributed by atoms with E-state index in [4.69, 9.17) is 5.41 Å². The molecule has 2 aliphatic carbocycles. The molecule has 1 fully saturated rings. The van der Waals surface area contributed by atoms with E-state index < -0.39 is 34.8 Å². The molecule has 1 saturated carbocycles. The standard InChI is InChI=1S/C23H22F2N4/c1-22(2,3)13-4-6-15-17(8-13)20(16-7-5-14(24)9-19(16)25)23(11-27,12-28)21(29)18(15)10-26/h5-7,9,13,17-18,20,29H,4,8H2,1-3H3/t13?,17-,18?,20+/m0/s1. The van der Waals surface area contributed by atoms with Crippen molar-refractivity contribution >= 4 is 5.71 Å². The van der Waals surface area contributed by atoms with Gasteiger partial charge in [0.1, 0.15) is 17.6 Å². The average Bonchev–Trinajstić information content (AvgIpc) is 2.67. The van der Waals surface area contributed by atoms with Gasteiger partial charge in [-0.3, -0.25) is 0 Å². The molecule has 0 amide bonds. The fourth-order valence-electron chi connectivity index (χ4n) is 4.83. The van der Waals surface area contributed by atoms with Gasteiger partial charge in [0, 0.05) is 12.0 Å². The zero-order chi connectivity index (χ0) is 21.6. The molecular weight excluding hydrogens is 370 g/mol. The summed E-state index contributed by atoms with van der Waals surface area (Å²) >= 11 is 0. The summed E-state index contributed by atoms with van der Waals surface area (Å²) in [6, 6.07) is 9.05. The third-order valence-electron chi connectivity index (χ3n) is 6.52. The summed E-state index contributed by atoms with van der Waals surface area (Å²) in [6.45, 7) is 6.29. The first-order chi connectivity index (χ1) is 13.6. The van der Waals surface area contributed by atoms with Crippen LogP contribution in [0, 0.1) is 79.6 Å². The molecule has 0 aromatic heterocycles. The molecule has 0 heterocycles. The highest BCUT2D eigenvalue weighted by molar-refractivity contribution is 6.00. The van der Waals surface area contributed by atoms with Gasteiger partial charge < -0.3 is 5.41 Å². The lowest BCUT2D eigenvalue weighted by molar-refractivity contribution is 0.167. The number of nitrogens with one attached hydrogen (secondary N) is 1. The number of benzene rings is 1. The maximum absolute atomic E-state index is 14.8. The Labute approximate surface area is 169 Å². The third-order valence-corrected chi connectivity index (χ3v) is 6.52. The van der Waals surface area contributed by atoms with Crippen molar-refractivity contribution in [2.24, 2.45) is 28.6 Å². The summed E-state index contributed by atoms with van der Waals surface area (Å²) in [4.78, 5) is 0. The van der Waals surface area contributed by atoms with Crippen molar-refractivity contribution < 1.29 is 8.78 Å². The predicted molar refractivity (Wildman–Crippen MR) is 103 cm³/mol. The van der Waals surface area contributed by atoms with E-state index in [2.05, 4.69) is 26.8 Å². The Hall–Kier alpha value is -3.04. The van der Waals surface area contributed by atoms with E-state index in [9.17, 15) is 24.6 Å². The summed E-state index contributed by atoms with van der Waals surface area (Å²) in [5.74, 6) is -3.81. The van der Waals surface area contributed by atoms with Crippen LogP contribution in [-0.4, -0.2) is 5.71 Å². The largest absolute Gasteiger partial charge is 0.305 e. The van der Waals surface area contributed by atoms with Crippen LogP contribution in [0.15, 0.2) is 29.8 Å². The van der Waals surface area contributed by atoms with Gasteiger partial charge in [0.2, 0.25) is 0 Å². The number of hydrogen-bond donors (Lipinski definition) is 1. The lowest BCUT2D eigenvalue weighted by atomic mass is 9.51. The van der Waals surface area contributed by atoms with Gasteiger partial charge in [-0.1, -0.05) is 32.9 Å². The van der Waals surface area contributed by atoms with Gasteiger partial charge in [-0.2, -0.15) is 15.8 Å². The summed E-state index contributed by atoms with van der Waals surface area (Å²) in [7, 11) is 0. The highest BCUT2D eigenvalue weighted by Crippen LogP contribution is 2.57. The van der Waals surface area contributed by atoms with E-state index in [1.807, 2.05) is 18.2 Å². The van der Waals surface area contributed by atoms with Gasteiger partial charge in [0.25, 0.3) is 0 Å². The smallest absolute Gasteiger partial charge is 0.189 e.